The summed E-state index contributed by atoms with van der Waals surface area (Å²) < 4.78 is 16.6. The van der Waals surface area contributed by atoms with Crippen molar-refractivity contribution in [3.8, 4) is 5.75 Å². The van der Waals surface area contributed by atoms with Crippen LogP contribution in [-0.2, 0) is 14.3 Å². The molecule has 4 nitrogen and oxygen atoms in total. The number of esters is 1. The van der Waals surface area contributed by atoms with Crippen LogP contribution in [0.1, 0.15) is 65.5 Å². The van der Waals surface area contributed by atoms with Crippen LogP contribution in [-0.4, -0.2) is 19.9 Å². The second-order valence-corrected chi connectivity index (χ2v) is 8.20. The molecule has 174 valence electrons. The lowest BCUT2D eigenvalue weighted by Gasteiger charge is -2.30. The SMILES string of the molecule is C=C(OCOC(C)=O)C(=C(C)C)C(/C(C(=C)C)=C(C)/C(C)=C\C)c1ccc(C)cc1OC. The first-order valence-corrected chi connectivity index (χ1v) is 10.7. The molecule has 0 saturated carbocycles. The van der Waals surface area contributed by atoms with Crippen LogP contribution >= 0.6 is 0 Å². The van der Waals surface area contributed by atoms with Gasteiger partial charge >= 0.3 is 5.97 Å². The van der Waals surface area contributed by atoms with E-state index in [4.69, 9.17) is 14.2 Å². The fourth-order valence-electron chi connectivity index (χ4n) is 3.71. The molecule has 1 atom stereocenters. The zero-order valence-electron chi connectivity index (χ0n) is 21.1. The van der Waals surface area contributed by atoms with Crippen LogP contribution in [0.3, 0.4) is 0 Å². The zero-order valence-corrected chi connectivity index (χ0v) is 21.1. The summed E-state index contributed by atoms with van der Waals surface area (Å²) in [5, 5.41) is 0. The number of carbonyl (C=O) groups excluding carboxylic acids is 1. The normalized spacial score (nSPS) is 13.0. The molecule has 32 heavy (non-hydrogen) atoms. The van der Waals surface area contributed by atoms with E-state index in [9.17, 15) is 4.79 Å². The van der Waals surface area contributed by atoms with Crippen molar-refractivity contribution in [1.29, 1.82) is 0 Å². The van der Waals surface area contributed by atoms with Crippen molar-refractivity contribution in [2.45, 2.75) is 61.3 Å². The average Bonchev–Trinajstić information content (AvgIpc) is 2.71. The van der Waals surface area contributed by atoms with Crippen molar-refractivity contribution in [2.24, 2.45) is 0 Å². The lowest BCUT2D eigenvalue weighted by molar-refractivity contribution is -0.150. The van der Waals surface area contributed by atoms with Crippen LogP contribution in [0, 0.1) is 6.92 Å². The van der Waals surface area contributed by atoms with Gasteiger partial charge in [-0.1, -0.05) is 48.1 Å². The van der Waals surface area contributed by atoms with E-state index in [-0.39, 0.29) is 12.7 Å². The van der Waals surface area contributed by atoms with Crippen molar-refractivity contribution in [3.05, 3.63) is 87.8 Å². The first-order chi connectivity index (χ1) is 15.0. The molecule has 0 aliphatic carbocycles. The van der Waals surface area contributed by atoms with Gasteiger partial charge in [0.25, 0.3) is 0 Å². The highest BCUT2D eigenvalue weighted by molar-refractivity contribution is 5.65. The predicted octanol–water partition coefficient (Wildman–Crippen LogP) is 7.33. The number of rotatable bonds is 10. The standard InChI is InChI=1S/C28H38O4/c1-12-20(7)21(8)26(17(2)3)28(24-14-13-19(6)15-25(24)30-11)27(18(4)5)22(9)31-16-32-23(10)29/h12-15,28H,2,9,16H2,1,3-8,10-11H3/b20-12-,26-21+. The summed E-state index contributed by atoms with van der Waals surface area (Å²) in [7, 11) is 1.68. The van der Waals surface area contributed by atoms with Crippen molar-refractivity contribution < 1.29 is 19.0 Å². The summed E-state index contributed by atoms with van der Waals surface area (Å²) in [5.74, 6) is 0.595. The number of carbonyl (C=O) groups is 1. The number of aryl methyl sites for hydroxylation is 1. The second-order valence-electron chi connectivity index (χ2n) is 8.20. The summed E-state index contributed by atoms with van der Waals surface area (Å²) in [6, 6.07) is 6.19. The van der Waals surface area contributed by atoms with E-state index in [0.29, 0.717) is 5.76 Å². The van der Waals surface area contributed by atoms with E-state index in [1.54, 1.807) is 7.11 Å². The lowest BCUT2D eigenvalue weighted by atomic mass is 9.76. The number of allylic oxidation sites excluding steroid dienone is 7. The van der Waals surface area contributed by atoms with Crippen LogP contribution in [0.5, 0.6) is 5.75 Å². The molecule has 0 fully saturated rings. The first kappa shape index (κ1) is 27.0. The molecule has 4 heteroatoms. The molecule has 0 amide bonds. The van der Waals surface area contributed by atoms with E-state index in [0.717, 1.165) is 44.7 Å². The molecule has 1 rings (SSSR count). The highest BCUT2D eigenvalue weighted by atomic mass is 16.7. The van der Waals surface area contributed by atoms with Gasteiger partial charge in [0.15, 0.2) is 0 Å². The van der Waals surface area contributed by atoms with Crippen LogP contribution in [0.25, 0.3) is 0 Å². The summed E-state index contributed by atoms with van der Waals surface area (Å²) >= 11 is 0. The van der Waals surface area contributed by atoms with E-state index in [1.807, 2.05) is 40.7 Å². The summed E-state index contributed by atoms with van der Waals surface area (Å²) in [4.78, 5) is 11.2. The second kappa shape index (κ2) is 12.1. The van der Waals surface area contributed by atoms with Gasteiger partial charge in [-0.05, 0) is 71.2 Å². The van der Waals surface area contributed by atoms with Gasteiger partial charge < -0.3 is 14.2 Å². The molecule has 0 aliphatic rings. The monoisotopic (exact) mass is 438 g/mol. The smallest absolute Gasteiger partial charge is 0.305 e. The minimum absolute atomic E-state index is 0.193. The summed E-state index contributed by atoms with van der Waals surface area (Å²) in [6.07, 6.45) is 2.09. The Morgan fingerprint density at radius 1 is 1.03 bits per heavy atom. The lowest BCUT2D eigenvalue weighted by Crippen LogP contribution is -2.16. The van der Waals surface area contributed by atoms with Gasteiger partial charge in [-0.15, -0.1) is 0 Å². The molecular formula is C28H38O4. The molecule has 1 aromatic rings. The number of benzene rings is 1. The maximum atomic E-state index is 11.2. The molecular weight excluding hydrogens is 400 g/mol. The van der Waals surface area contributed by atoms with E-state index < -0.39 is 5.97 Å². The van der Waals surface area contributed by atoms with Gasteiger partial charge in [-0.25, -0.2) is 0 Å². The van der Waals surface area contributed by atoms with Crippen molar-refractivity contribution in [3.63, 3.8) is 0 Å². The average molecular weight is 439 g/mol. The topological polar surface area (TPSA) is 44.8 Å². The van der Waals surface area contributed by atoms with E-state index in [1.165, 1.54) is 12.5 Å². The van der Waals surface area contributed by atoms with Gasteiger partial charge in [0, 0.05) is 24.0 Å². The van der Waals surface area contributed by atoms with Gasteiger partial charge in [0.2, 0.25) is 6.79 Å². The van der Waals surface area contributed by atoms with Gasteiger partial charge in [0.05, 0.1) is 7.11 Å². The van der Waals surface area contributed by atoms with Crippen LogP contribution in [0.4, 0.5) is 0 Å². The molecule has 0 aromatic heterocycles. The van der Waals surface area contributed by atoms with Crippen LogP contribution in [0.2, 0.25) is 0 Å². The van der Waals surface area contributed by atoms with Crippen molar-refractivity contribution in [1.82, 2.24) is 0 Å². The Kier molecular flexibility index (Phi) is 10.2. The third-order valence-corrected chi connectivity index (χ3v) is 5.50. The maximum absolute atomic E-state index is 11.2. The molecule has 0 heterocycles. The van der Waals surface area contributed by atoms with Crippen molar-refractivity contribution >= 4 is 5.97 Å². The number of hydrogen-bond donors (Lipinski definition) is 0. The number of ether oxygens (including phenoxy) is 3. The zero-order chi connectivity index (χ0) is 24.6. The third-order valence-electron chi connectivity index (χ3n) is 5.50. The summed E-state index contributed by atoms with van der Waals surface area (Å²) in [5.41, 5.74) is 8.37. The molecule has 1 aromatic carbocycles. The van der Waals surface area contributed by atoms with Gasteiger partial charge in [0.1, 0.15) is 11.5 Å². The number of methoxy groups -OCH3 is 1. The minimum atomic E-state index is -0.407. The number of hydrogen-bond acceptors (Lipinski definition) is 4. The summed E-state index contributed by atoms with van der Waals surface area (Å²) in [6.45, 7) is 24.0. The quantitative estimate of drug-likeness (QED) is 0.166. The van der Waals surface area contributed by atoms with Gasteiger partial charge in [-0.3, -0.25) is 4.79 Å². The Bertz CT molecular complexity index is 969. The van der Waals surface area contributed by atoms with Crippen LogP contribution < -0.4 is 4.74 Å². The molecule has 0 radical (unpaired) electrons. The molecule has 1 unspecified atom stereocenters. The Balaban J connectivity index is 3.90. The molecule has 0 aliphatic heterocycles. The van der Waals surface area contributed by atoms with Crippen LogP contribution in [0.15, 0.2) is 76.6 Å². The fourth-order valence-corrected chi connectivity index (χ4v) is 3.71. The first-order valence-electron chi connectivity index (χ1n) is 10.7. The Hall–Kier alpha value is -3.01. The highest BCUT2D eigenvalue weighted by Crippen LogP contribution is 2.45. The predicted molar refractivity (Wildman–Crippen MR) is 133 cm³/mol. The minimum Gasteiger partial charge on any atom is -0.496 e. The highest BCUT2D eigenvalue weighted by Gasteiger charge is 2.30. The molecule has 0 bridgehead atoms. The molecule has 0 spiro atoms. The van der Waals surface area contributed by atoms with Crippen molar-refractivity contribution in [2.75, 3.05) is 13.9 Å². The van der Waals surface area contributed by atoms with E-state index >= 15 is 0 Å². The van der Waals surface area contributed by atoms with E-state index in [2.05, 4.69) is 45.2 Å². The Morgan fingerprint density at radius 2 is 1.66 bits per heavy atom. The maximum Gasteiger partial charge on any atom is 0.305 e. The van der Waals surface area contributed by atoms with Gasteiger partial charge in [-0.2, -0.15) is 0 Å². The largest absolute Gasteiger partial charge is 0.496 e. The fraction of sp³-hybridized carbons (Fsp3) is 0.393. The third kappa shape index (κ3) is 6.74. The Morgan fingerprint density at radius 3 is 2.12 bits per heavy atom. The molecule has 0 N–H and O–H groups in total. The Labute approximate surface area is 194 Å². The molecule has 0 saturated heterocycles.